The van der Waals surface area contributed by atoms with Crippen molar-refractivity contribution in [2.75, 3.05) is 5.32 Å². The number of nitrogens with zero attached hydrogens (tertiary/aromatic N) is 1. The molecule has 1 heterocycles. The van der Waals surface area contributed by atoms with Crippen molar-refractivity contribution in [2.45, 2.75) is 19.9 Å². The van der Waals surface area contributed by atoms with Gasteiger partial charge in [-0.1, -0.05) is 30.3 Å². The van der Waals surface area contributed by atoms with Gasteiger partial charge in [-0.2, -0.15) is 5.10 Å². The fourth-order valence-electron chi connectivity index (χ4n) is 1.57. The molecule has 0 unspecified atom stereocenters. The molecule has 0 saturated carbocycles. The lowest BCUT2D eigenvalue weighted by molar-refractivity contribution is 0.250. The van der Waals surface area contributed by atoms with E-state index in [1.54, 1.807) is 6.07 Å². The van der Waals surface area contributed by atoms with Crippen LogP contribution in [0.5, 0.6) is 0 Å². The van der Waals surface area contributed by atoms with Crippen LogP contribution in [0.15, 0.2) is 36.4 Å². The van der Waals surface area contributed by atoms with E-state index in [1.807, 2.05) is 44.2 Å². The van der Waals surface area contributed by atoms with Gasteiger partial charge >= 0.3 is 6.03 Å². The molecule has 0 saturated heterocycles. The second kappa shape index (κ2) is 5.35. The third-order valence-electron chi connectivity index (χ3n) is 2.32. The summed E-state index contributed by atoms with van der Waals surface area (Å²) in [6, 6.07) is 11.5. The van der Waals surface area contributed by atoms with Gasteiger partial charge in [-0.3, -0.25) is 10.4 Å². The van der Waals surface area contributed by atoms with Crippen molar-refractivity contribution in [3.05, 3.63) is 36.4 Å². The maximum atomic E-state index is 11.5. The van der Waals surface area contributed by atoms with Crippen LogP contribution in [0.4, 0.5) is 10.6 Å². The predicted octanol–water partition coefficient (Wildman–Crippen LogP) is 2.61. The van der Waals surface area contributed by atoms with Crippen molar-refractivity contribution in [1.82, 2.24) is 15.5 Å². The summed E-state index contributed by atoms with van der Waals surface area (Å²) in [4.78, 5) is 11.5. The fourth-order valence-corrected chi connectivity index (χ4v) is 1.57. The largest absolute Gasteiger partial charge is 0.336 e. The highest BCUT2D eigenvalue weighted by Crippen LogP contribution is 2.18. The first kappa shape index (κ1) is 12.2. The van der Waals surface area contributed by atoms with Gasteiger partial charge in [0.25, 0.3) is 0 Å². The van der Waals surface area contributed by atoms with Crippen molar-refractivity contribution in [2.24, 2.45) is 0 Å². The third-order valence-corrected chi connectivity index (χ3v) is 2.32. The molecule has 18 heavy (non-hydrogen) atoms. The summed E-state index contributed by atoms with van der Waals surface area (Å²) >= 11 is 0. The van der Waals surface area contributed by atoms with Gasteiger partial charge in [0.05, 0.1) is 5.69 Å². The normalized spacial score (nSPS) is 10.4. The lowest BCUT2D eigenvalue weighted by Crippen LogP contribution is -2.34. The Morgan fingerprint density at radius 2 is 2.00 bits per heavy atom. The van der Waals surface area contributed by atoms with E-state index in [9.17, 15) is 4.79 Å². The molecule has 0 spiro atoms. The molecule has 1 aromatic carbocycles. The van der Waals surface area contributed by atoms with E-state index >= 15 is 0 Å². The SMILES string of the molecule is CC(C)NC(=O)Nc1cc(-c2ccccc2)[nH]n1. The number of rotatable bonds is 3. The molecule has 1 aromatic heterocycles. The Hall–Kier alpha value is -2.30. The minimum atomic E-state index is -0.254. The summed E-state index contributed by atoms with van der Waals surface area (Å²) in [5, 5.41) is 12.3. The molecule has 0 aliphatic carbocycles. The Kier molecular flexibility index (Phi) is 3.62. The summed E-state index contributed by atoms with van der Waals surface area (Å²) in [6.07, 6.45) is 0. The summed E-state index contributed by atoms with van der Waals surface area (Å²) in [6.45, 7) is 3.80. The highest BCUT2D eigenvalue weighted by Gasteiger charge is 2.07. The molecule has 0 bridgehead atoms. The summed E-state index contributed by atoms with van der Waals surface area (Å²) in [7, 11) is 0. The summed E-state index contributed by atoms with van der Waals surface area (Å²) in [5.41, 5.74) is 1.90. The molecule has 5 heteroatoms. The van der Waals surface area contributed by atoms with Gasteiger partial charge in [0.1, 0.15) is 0 Å². The van der Waals surface area contributed by atoms with Gasteiger partial charge in [-0.25, -0.2) is 4.79 Å². The molecule has 2 rings (SSSR count). The molecule has 0 atom stereocenters. The average molecular weight is 244 g/mol. The monoisotopic (exact) mass is 244 g/mol. The maximum absolute atomic E-state index is 11.5. The average Bonchev–Trinajstić information content (AvgIpc) is 2.77. The molecule has 3 N–H and O–H groups in total. The topological polar surface area (TPSA) is 69.8 Å². The molecule has 0 aliphatic rings. The maximum Gasteiger partial charge on any atom is 0.320 e. The molecular weight excluding hydrogens is 228 g/mol. The third kappa shape index (κ3) is 3.10. The smallest absolute Gasteiger partial charge is 0.320 e. The number of aromatic amines is 1. The quantitative estimate of drug-likeness (QED) is 0.776. The second-order valence-electron chi connectivity index (χ2n) is 4.29. The van der Waals surface area contributed by atoms with Gasteiger partial charge < -0.3 is 5.32 Å². The van der Waals surface area contributed by atoms with Crippen LogP contribution >= 0.6 is 0 Å². The van der Waals surface area contributed by atoms with E-state index in [0.717, 1.165) is 11.3 Å². The number of carbonyl (C=O) groups excluding carboxylic acids is 1. The van der Waals surface area contributed by atoms with E-state index in [1.165, 1.54) is 0 Å². The van der Waals surface area contributed by atoms with Crippen molar-refractivity contribution in [3.8, 4) is 11.3 Å². The van der Waals surface area contributed by atoms with Crippen LogP contribution < -0.4 is 10.6 Å². The van der Waals surface area contributed by atoms with Crippen LogP contribution in [0, 0.1) is 0 Å². The van der Waals surface area contributed by atoms with Crippen LogP contribution in [-0.2, 0) is 0 Å². The first-order chi connectivity index (χ1) is 8.65. The van der Waals surface area contributed by atoms with Crippen LogP contribution in [0.1, 0.15) is 13.8 Å². The Bertz CT molecular complexity index is 519. The Labute approximate surface area is 106 Å². The highest BCUT2D eigenvalue weighted by atomic mass is 16.2. The number of anilines is 1. The lowest BCUT2D eigenvalue weighted by Gasteiger charge is -2.07. The number of H-pyrrole nitrogens is 1. The highest BCUT2D eigenvalue weighted by molar-refractivity contribution is 5.89. The van der Waals surface area contributed by atoms with Gasteiger partial charge in [-0.05, 0) is 19.4 Å². The molecule has 2 amide bonds. The number of nitrogens with one attached hydrogen (secondary N) is 3. The van der Waals surface area contributed by atoms with Crippen molar-refractivity contribution >= 4 is 11.8 Å². The minimum absolute atomic E-state index is 0.0949. The Morgan fingerprint density at radius 3 is 2.67 bits per heavy atom. The standard InChI is InChI=1S/C13H16N4O/c1-9(2)14-13(18)15-12-8-11(16-17-12)10-6-4-3-5-7-10/h3-9H,1-2H3,(H3,14,15,16,17,18). The van der Waals surface area contributed by atoms with Gasteiger partial charge in [0.15, 0.2) is 5.82 Å². The number of aromatic nitrogens is 2. The number of hydrogen-bond donors (Lipinski definition) is 3. The van der Waals surface area contributed by atoms with Crippen molar-refractivity contribution < 1.29 is 4.79 Å². The summed E-state index contributed by atoms with van der Waals surface area (Å²) < 4.78 is 0. The predicted molar refractivity (Wildman–Crippen MR) is 71.3 cm³/mol. The number of hydrogen-bond acceptors (Lipinski definition) is 2. The molecule has 5 nitrogen and oxygen atoms in total. The van der Waals surface area contributed by atoms with E-state index in [2.05, 4.69) is 20.8 Å². The summed E-state index contributed by atoms with van der Waals surface area (Å²) in [5.74, 6) is 0.506. The Balaban J connectivity index is 2.05. The first-order valence-corrected chi connectivity index (χ1v) is 5.83. The number of amides is 2. The van der Waals surface area contributed by atoms with Crippen LogP contribution in [-0.4, -0.2) is 22.3 Å². The van der Waals surface area contributed by atoms with E-state index in [-0.39, 0.29) is 12.1 Å². The zero-order valence-corrected chi connectivity index (χ0v) is 10.4. The van der Waals surface area contributed by atoms with Crippen LogP contribution in [0.25, 0.3) is 11.3 Å². The Morgan fingerprint density at radius 1 is 1.28 bits per heavy atom. The zero-order valence-electron chi connectivity index (χ0n) is 10.4. The molecule has 94 valence electrons. The zero-order chi connectivity index (χ0) is 13.0. The van der Waals surface area contributed by atoms with Crippen molar-refractivity contribution in [1.29, 1.82) is 0 Å². The molecule has 0 radical (unpaired) electrons. The van der Waals surface area contributed by atoms with E-state index in [0.29, 0.717) is 5.82 Å². The van der Waals surface area contributed by atoms with Crippen LogP contribution in [0.2, 0.25) is 0 Å². The molecule has 0 aliphatic heterocycles. The van der Waals surface area contributed by atoms with Crippen LogP contribution in [0.3, 0.4) is 0 Å². The molecule has 0 fully saturated rings. The van der Waals surface area contributed by atoms with E-state index < -0.39 is 0 Å². The molecule has 2 aromatic rings. The van der Waals surface area contributed by atoms with Gasteiger partial charge in [-0.15, -0.1) is 0 Å². The first-order valence-electron chi connectivity index (χ1n) is 5.83. The lowest BCUT2D eigenvalue weighted by atomic mass is 10.2. The number of carbonyl (C=O) groups is 1. The fraction of sp³-hybridized carbons (Fsp3) is 0.231. The van der Waals surface area contributed by atoms with E-state index in [4.69, 9.17) is 0 Å². The van der Waals surface area contributed by atoms with Crippen molar-refractivity contribution in [3.63, 3.8) is 0 Å². The number of urea groups is 1. The van der Waals surface area contributed by atoms with Gasteiger partial charge in [0, 0.05) is 12.1 Å². The molecular formula is C13H16N4O. The second-order valence-corrected chi connectivity index (χ2v) is 4.29. The van der Waals surface area contributed by atoms with Gasteiger partial charge in [0.2, 0.25) is 0 Å². The number of benzene rings is 1. The minimum Gasteiger partial charge on any atom is -0.336 e.